The molecular formula is C24H19BrN4P2S. The molecule has 32 heavy (non-hydrogen) atoms. The van der Waals surface area contributed by atoms with Crippen molar-refractivity contribution in [1.29, 1.82) is 0 Å². The maximum Gasteiger partial charge on any atom is 0.116 e. The van der Waals surface area contributed by atoms with Crippen molar-refractivity contribution in [3.63, 3.8) is 0 Å². The van der Waals surface area contributed by atoms with Crippen molar-refractivity contribution in [2.75, 3.05) is 0 Å². The number of aromatic nitrogens is 4. The van der Waals surface area contributed by atoms with E-state index >= 15 is 0 Å². The molecule has 3 aromatic heterocycles. The van der Waals surface area contributed by atoms with Gasteiger partial charge in [0.2, 0.25) is 0 Å². The second-order valence-corrected chi connectivity index (χ2v) is 10.4. The number of imidazole rings is 1. The maximum atomic E-state index is 4.88. The van der Waals surface area contributed by atoms with Crippen LogP contribution < -0.4 is 10.6 Å². The third-order valence-electron chi connectivity index (χ3n) is 5.06. The average molecular weight is 537 g/mol. The number of nitrogens with zero attached hydrogens (tertiary/aromatic N) is 4. The molecule has 0 aliphatic carbocycles. The van der Waals surface area contributed by atoms with Gasteiger partial charge in [-0.15, -0.1) is 18.5 Å². The van der Waals surface area contributed by atoms with E-state index in [0.717, 1.165) is 54.5 Å². The summed E-state index contributed by atoms with van der Waals surface area (Å²) < 4.78 is 3.05. The number of hydrogen-bond acceptors (Lipinski definition) is 4. The standard InChI is InChI=1S/C24H19BrN4P2S/c25-17-11-20-18(26-12-17)7-8-19(28-20)23-24(16-6-9-21(30)22(31)10-16)29(14-27-23)32-13-15-4-2-1-3-5-15/h1-12,14H,13,30-31H2. The molecular weight excluding hydrogens is 518 g/mol. The first-order valence-corrected chi connectivity index (χ1v) is 12.8. The number of pyridine rings is 2. The van der Waals surface area contributed by atoms with Crippen LogP contribution >= 0.6 is 46.4 Å². The van der Waals surface area contributed by atoms with E-state index in [1.54, 1.807) is 18.1 Å². The van der Waals surface area contributed by atoms with Crippen LogP contribution in [0.15, 0.2) is 83.7 Å². The van der Waals surface area contributed by atoms with Crippen LogP contribution in [0.25, 0.3) is 33.7 Å². The molecule has 3 heterocycles. The smallest absolute Gasteiger partial charge is 0.116 e. The van der Waals surface area contributed by atoms with Crippen LogP contribution in [0.5, 0.6) is 0 Å². The van der Waals surface area contributed by atoms with E-state index < -0.39 is 0 Å². The van der Waals surface area contributed by atoms with Crippen molar-refractivity contribution in [3.05, 3.63) is 89.3 Å². The Kier molecular flexibility index (Phi) is 6.39. The van der Waals surface area contributed by atoms with Crippen LogP contribution in [0.4, 0.5) is 0 Å². The summed E-state index contributed by atoms with van der Waals surface area (Å²) in [7, 11) is 5.58. The van der Waals surface area contributed by atoms with Gasteiger partial charge in [-0.1, -0.05) is 42.5 Å². The Hall–Kier alpha value is -2.10. The predicted molar refractivity (Wildman–Crippen MR) is 146 cm³/mol. The van der Waals surface area contributed by atoms with Gasteiger partial charge in [-0.05, 0) is 68.3 Å². The topological polar surface area (TPSA) is 43.6 Å². The van der Waals surface area contributed by atoms with Crippen molar-refractivity contribution < 1.29 is 0 Å². The van der Waals surface area contributed by atoms with Gasteiger partial charge >= 0.3 is 0 Å². The quantitative estimate of drug-likeness (QED) is 0.273. The molecule has 2 unspecified atom stereocenters. The molecule has 0 fully saturated rings. The third kappa shape index (κ3) is 4.51. The van der Waals surface area contributed by atoms with E-state index in [-0.39, 0.29) is 0 Å². The average Bonchev–Trinajstić information content (AvgIpc) is 3.23. The Bertz CT molecular complexity index is 1420. The Morgan fingerprint density at radius 2 is 1.72 bits per heavy atom. The van der Waals surface area contributed by atoms with Crippen LogP contribution in [-0.2, 0) is 5.75 Å². The van der Waals surface area contributed by atoms with Gasteiger partial charge in [0, 0.05) is 22.0 Å². The fourth-order valence-electron chi connectivity index (χ4n) is 3.44. The molecule has 0 amide bonds. The largest absolute Gasteiger partial charge is 0.271 e. The van der Waals surface area contributed by atoms with Gasteiger partial charge < -0.3 is 0 Å². The van der Waals surface area contributed by atoms with Gasteiger partial charge in [-0.25, -0.2) is 9.97 Å². The number of hydrogen-bond donors (Lipinski definition) is 0. The number of fused-ring (bicyclic) bond motifs is 1. The first-order chi connectivity index (χ1) is 15.6. The second-order valence-electron chi connectivity index (χ2n) is 7.26. The maximum absolute atomic E-state index is 4.88. The summed E-state index contributed by atoms with van der Waals surface area (Å²) in [5, 5.41) is 2.29. The van der Waals surface area contributed by atoms with Crippen LogP contribution in [0.2, 0.25) is 0 Å². The highest BCUT2D eigenvalue weighted by atomic mass is 79.9. The Labute approximate surface area is 204 Å². The highest BCUT2D eigenvalue weighted by molar-refractivity contribution is 9.10. The summed E-state index contributed by atoms with van der Waals surface area (Å²) in [5.41, 5.74) is 6.78. The van der Waals surface area contributed by atoms with E-state index in [4.69, 9.17) is 9.97 Å². The van der Waals surface area contributed by atoms with Crippen LogP contribution in [0.3, 0.4) is 0 Å². The summed E-state index contributed by atoms with van der Waals surface area (Å²) in [6.07, 6.45) is 3.68. The lowest BCUT2D eigenvalue weighted by Gasteiger charge is -2.12. The van der Waals surface area contributed by atoms with E-state index in [0.29, 0.717) is 0 Å². The minimum absolute atomic E-state index is 0.826. The summed E-state index contributed by atoms with van der Waals surface area (Å²) in [6, 6.07) is 22.9. The first kappa shape index (κ1) is 21.7. The molecule has 0 aliphatic heterocycles. The normalized spacial score (nSPS) is 11.2. The highest BCUT2D eigenvalue weighted by Gasteiger charge is 2.18. The second kappa shape index (κ2) is 9.41. The summed E-state index contributed by atoms with van der Waals surface area (Å²) >= 11 is 5.22. The zero-order valence-corrected chi connectivity index (χ0v) is 21.7. The molecule has 158 valence electrons. The van der Waals surface area contributed by atoms with E-state index in [9.17, 15) is 0 Å². The Morgan fingerprint density at radius 3 is 2.53 bits per heavy atom. The fraction of sp³-hybridized carbons (Fsp3) is 0.0417. The molecule has 0 saturated carbocycles. The third-order valence-corrected chi connectivity index (χ3v) is 7.87. The van der Waals surface area contributed by atoms with E-state index in [1.807, 2.05) is 30.6 Å². The Balaban J connectivity index is 1.62. The van der Waals surface area contributed by atoms with Crippen LogP contribution in [0.1, 0.15) is 5.56 Å². The number of rotatable bonds is 5. The number of halogens is 1. The van der Waals surface area contributed by atoms with Gasteiger partial charge in [0.15, 0.2) is 0 Å². The molecule has 4 nitrogen and oxygen atoms in total. The van der Waals surface area contributed by atoms with E-state index in [2.05, 4.69) is 85.8 Å². The van der Waals surface area contributed by atoms with Crippen LogP contribution in [-0.4, -0.2) is 18.9 Å². The molecule has 2 atom stereocenters. The SMILES string of the molecule is Pc1ccc(-c2c(-c3ccc4ncc(Br)cc4n3)ncn2SCc2ccccc2)cc1P. The van der Waals surface area contributed by atoms with Crippen LogP contribution in [0, 0.1) is 0 Å². The summed E-state index contributed by atoms with van der Waals surface area (Å²) in [5.74, 6) is 0.848. The van der Waals surface area contributed by atoms with Gasteiger partial charge in [0.05, 0.1) is 22.4 Å². The molecule has 0 aliphatic rings. The molecule has 0 N–H and O–H groups in total. The zero-order chi connectivity index (χ0) is 22.1. The Morgan fingerprint density at radius 1 is 0.875 bits per heavy atom. The molecule has 0 bridgehead atoms. The lowest BCUT2D eigenvalue weighted by Crippen LogP contribution is -2.10. The lowest BCUT2D eigenvalue weighted by molar-refractivity contribution is 1.22. The molecule has 8 heteroatoms. The highest BCUT2D eigenvalue weighted by Crippen LogP contribution is 2.34. The van der Waals surface area contributed by atoms with Crippen molar-refractivity contribution in [1.82, 2.24) is 18.9 Å². The van der Waals surface area contributed by atoms with Crippen molar-refractivity contribution in [2.24, 2.45) is 0 Å². The predicted octanol–water partition coefficient (Wildman–Crippen LogP) is 5.62. The molecule has 5 rings (SSSR count). The molecule has 0 radical (unpaired) electrons. The van der Waals surface area contributed by atoms with Gasteiger partial charge in [-0.2, -0.15) is 0 Å². The van der Waals surface area contributed by atoms with Gasteiger partial charge in [0.1, 0.15) is 12.0 Å². The van der Waals surface area contributed by atoms with E-state index in [1.165, 1.54) is 5.56 Å². The van der Waals surface area contributed by atoms with Crippen molar-refractivity contribution in [3.8, 4) is 22.6 Å². The monoisotopic (exact) mass is 536 g/mol. The number of benzene rings is 2. The molecule has 0 spiro atoms. The minimum Gasteiger partial charge on any atom is -0.271 e. The first-order valence-electron chi connectivity index (χ1n) is 9.91. The molecule has 5 aromatic rings. The van der Waals surface area contributed by atoms with Gasteiger partial charge in [0.25, 0.3) is 0 Å². The molecule has 0 saturated heterocycles. The minimum atomic E-state index is 0.826. The summed E-state index contributed by atoms with van der Waals surface area (Å²) in [6.45, 7) is 0. The lowest BCUT2D eigenvalue weighted by atomic mass is 10.1. The summed E-state index contributed by atoms with van der Waals surface area (Å²) in [4.78, 5) is 14.1. The fourth-order valence-corrected chi connectivity index (χ4v) is 5.13. The van der Waals surface area contributed by atoms with Gasteiger partial charge in [-0.3, -0.25) is 8.96 Å². The zero-order valence-electron chi connectivity index (χ0n) is 16.9. The molecule has 2 aromatic carbocycles. The van der Waals surface area contributed by atoms with Crippen molar-refractivity contribution in [2.45, 2.75) is 5.75 Å². The van der Waals surface area contributed by atoms with Crippen molar-refractivity contribution >= 4 is 68.0 Å².